The summed E-state index contributed by atoms with van der Waals surface area (Å²) in [6.45, 7) is 2.19. The van der Waals surface area contributed by atoms with Crippen LogP contribution in [-0.4, -0.2) is 10.2 Å². The van der Waals surface area contributed by atoms with Crippen molar-refractivity contribution in [3.05, 3.63) is 30.0 Å². The molecule has 0 atom stereocenters. The summed E-state index contributed by atoms with van der Waals surface area (Å²) < 4.78 is 0. The van der Waals surface area contributed by atoms with Gasteiger partial charge in [0, 0.05) is 5.39 Å². The fourth-order valence-electron chi connectivity index (χ4n) is 1.43. The van der Waals surface area contributed by atoms with Crippen LogP contribution in [0.25, 0.3) is 10.9 Å². The van der Waals surface area contributed by atoms with Gasteiger partial charge < -0.3 is 0 Å². The van der Waals surface area contributed by atoms with Crippen LogP contribution in [0.4, 0.5) is 0 Å². The topological polar surface area (TPSA) is 28.7 Å². The average Bonchev–Trinajstić information content (AvgIpc) is 2.51. The minimum absolute atomic E-state index is 1.14. The lowest BCUT2D eigenvalue weighted by Crippen LogP contribution is -1.81. The first-order valence-corrected chi connectivity index (χ1v) is 4.32. The van der Waals surface area contributed by atoms with Gasteiger partial charge in [-0.25, -0.2) is 0 Å². The molecule has 0 spiro atoms. The molecule has 2 rings (SSSR count). The molecule has 0 bridgehead atoms. The maximum absolute atomic E-state index is 3.98. The van der Waals surface area contributed by atoms with Crippen molar-refractivity contribution < 1.29 is 0 Å². The predicted molar refractivity (Wildman–Crippen MR) is 50.1 cm³/mol. The van der Waals surface area contributed by atoms with E-state index in [-0.39, 0.29) is 0 Å². The van der Waals surface area contributed by atoms with Crippen molar-refractivity contribution in [2.45, 2.75) is 19.8 Å². The van der Waals surface area contributed by atoms with Gasteiger partial charge in [-0.1, -0.05) is 25.5 Å². The molecule has 0 aliphatic carbocycles. The van der Waals surface area contributed by atoms with Crippen molar-refractivity contribution in [3.8, 4) is 0 Å². The van der Waals surface area contributed by atoms with Crippen LogP contribution in [0.5, 0.6) is 0 Å². The van der Waals surface area contributed by atoms with Gasteiger partial charge in [-0.2, -0.15) is 5.10 Å². The number of fused-ring (bicyclic) bond motifs is 1. The van der Waals surface area contributed by atoms with E-state index >= 15 is 0 Å². The fourth-order valence-corrected chi connectivity index (χ4v) is 1.43. The highest BCUT2D eigenvalue weighted by atomic mass is 15.1. The Labute approximate surface area is 71.6 Å². The van der Waals surface area contributed by atoms with Crippen LogP contribution in [0.15, 0.2) is 24.4 Å². The van der Waals surface area contributed by atoms with E-state index in [1.165, 1.54) is 17.4 Å². The lowest BCUT2D eigenvalue weighted by atomic mass is 10.1. The lowest BCUT2D eigenvalue weighted by Gasteiger charge is -1.96. The highest BCUT2D eigenvalue weighted by molar-refractivity contribution is 5.78. The van der Waals surface area contributed by atoms with Crippen molar-refractivity contribution in [3.63, 3.8) is 0 Å². The van der Waals surface area contributed by atoms with Crippen LogP contribution < -0.4 is 0 Å². The third-order valence-corrected chi connectivity index (χ3v) is 2.05. The number of rotatable bonds is 2. The van der Waals surface area contributed by atoms with Gasteiger partial charge in [-0.05, 0) is 18.1 Å². The molecule has 0 unspecified atom stereocenters. The molecule has 2 heteroatoms. The van der Waals surface area contributed by atoms with Gasteiger partial charge in [0.25, 0.3) is 0 Å². The Balaban J connectivity index is 2.46. The smallest absolute Gasteiger partial charge is 0.0653 e. The molecule has 1 N–H and O–H groups in total. The molecule has 0 saturated heterocycles. The molecular weight excluding hydrogens is 148 g/mol. The molecule has 12 heavy (non-hydrogen) atoms. The number of aryl methyl sites for hydroxylation is 1. The van der Waals surface area contributed by atoms with Gasteiger partial charge in [0.2, 0.25) is 0 Å². The minimum Gasteiger partial charge on any atom is -0.278 e. The number of benzene rings is 1. The quantitative estimate of drug-likeness (QED) is 0.718. The summed E-state index contributed by atoms with van der Waals surface area (Å²) in [5, 5.41) is 8.14. The first-order chi connectivity index (χ1) is 5.90. The standard InChI is InChI=1S/C10H12N2/c1-2-3-8-4-5-9-7-11-12-10(9)6-8/h4-7H,2-3H2,1H3,(H,11,12). The first kappa shape index (κ1) is 7.35. The van der Waals surface area contributed by atoms with Crippen LogP contribution in [-0.2, 0) is 6.42 Å². The zero-order valence-corrected chi connectivity index (χ0v) is 7.17. The Bertz CT molecular complexity index is 376. The molecule has 62 valence electrons. The van der Waals surface area contributed by atoms with Crippen molar-refractivity contribution in [1.82, 2.24) is 10.2 Å². The third-order valence-electron chi connectivity index (χ3n) is 2.05. The maximum Gasteiger partial charge on any atom is 0.0653 e. The normalized spacial score (nSPS) is 10.8. The molecular formula is C10H12N2. The molecule has 1 aromatic heterocycles. The second-order valence-corrected chi connectivity index (χ2v) is 3.04. The number of aromatic nitrogens is 2. The molecule has 0 fully saturated rings. The van der Waals surface area contributed by atoms with E-state index in [4.69, 9.17) is 0 Å². The Morgan fingerprint density at radius 3 is 3.17 bits per heavy atom. The van der Waals surface area contributed by atoms with E-state index in [0.29, 0.717) is 0 Å². The van der Waals surface area contributed by atoms with Crippen molar-refractivity contribution >= 4 is 10.9 Å². The fraction of sp³-hybridized carbons (Fsp3) is 0.300. The number of hydrogen-bond acceptors (Lipinski definition) is 1. The molecule has 2 aromatic rings. The van der Waals surface area contributed by atoms with Crippen molar-refractivity contribution in [2.75, 3.05) is 0 Å². The molecule has 0 saturated carbocycles. The van der Waals surface area contributed by atoms with E-state index < -0.39 is 0 Å². The Morgan fingerprint density at radius 1 is 1.42 bits per heavy atom. The molecule has 0 radical (unpaired) electrons. The van der Waals surface area contributed by atoms with Gasteiger partial charge >= 0.3 is 0 Å². The number of aromatic amines is 1. The van der Waals surface area contributed by atoms with E-state index in [1.54, 1.807) is 0 Å². The highest BCUT2D eigenvalue weighted by Crippen LogP contribution is 2.13. The molecule has 0 amide bonds. The molecule has 0 aliphatic rings. The Kier molecular flexibility index (Phi) is 1.82. The van der Waals surface area contributed by atoms with Gasteiger partial charge in [-0.3, -0.25) is 5.10 Å². The summed E-state index contributed by atoms with van der Waals surface area (Å²) in [5.41, 5.74) is 2.52. The molecule has 2 nitrogen and oxygen atoms in total. The highest BCUT2D eigenvalue weighted by Gasteiger charge is 1.96. The maximum atomic E-state index is 3.98. The monoisotopic (exact) mass is 160 g/mol. The van der Waals surface area contributed by atoms with Crippen molar-refractivity contribution in [2.24, 2.45) is 0 Å². The van der Waals surface area contributed by atoms with E-state index in [9.17, 15) is 0 Å². The van der Waals surface area contributed by atoms with Crippen LogP contribution in [0.3, 0.4) is 0 Å². The SMILES string of the molecule is CCCc1ccc2cn[nH]c2c1. The Morgan fingerprint density at radius 2 is 2.33 bits per heavy atom. The molecule has 1 aromatic carbocycles. The van der Waals surface area contributed by atoms with E-state index in [2.05, 4.69) is 35.3 Å². The lowest BCUT2D eigenvalue weighted by molar-refractivity contribution is 0.923. The van der Waals surface area contributed by atoms with Crippen LogP contribution >= 0.6 is 0 Å². The van der Waals surface area contributed by atoms with Crippen molar-refractivity contribution in [1.29, 1.82) is 0 Å². The average molecular weight is 160 g/mol. The molecule has 0 aliphatic heterocycles. The van der Waals surface area contributed by atoms with E-state index in [1.807, 2.05) is 6.20 Å². The van der Waals surface area contributed by atoms with Crippen LogP contribution in [0.2, 0.25) is 0 Å². The molecule has 1 heterocycles. The summed E-state index contributed by atoms with van der Waals surface area (Å²) in [4.78, 5) is 0. The van der Waals surface area contributed by atoms with Gasteiger partial charge in [-0.15, -0.1) is 0 Å². The zero-order valence-electron chi connectivity index (χ0n) is 7.17. The summed E-state index contributed by atoms with van der Waals surface area (Å²) >= 11 is 0. The minimum atomic E-state index is 1.14. The van der Waals surface area contributed by atoms with Crippen LogP contribution in [0.1, 0.15) is 18.9 Å². The number of H-pyrrole nitrogens is 1. The van der Waals surface area contributed by atoms with Gasteiger partial charge in [0.1, 0.15) is 0 Å². The summed E-state index contributed by atoms with van der Waals surface area (Å²) in [6.07, 6.45) is 4.19. The van der Waals surface area contributed by atoms with E-state index in [0.717, 1.165) is 11.9 Å². The summed E-state index contributed by atoms with van der Waals surface area (Å²) in [7, 11) is 0. The van der Waals surface area contributed by atoms with Gasteiger partial charge in [0.05, 0.1) is 11.7 Å². The second kappa shape index (κ2) is 2.97. The number of nitrogens with one attached hydrogen (secondary N) is 1. The van der Waals surface area contributed by atoms with Crippen LogP contribution in [0, 0.1) is 0 Å². The number of hydrogen-bond donors (Lipinski definition) is 1. The number of nitrogens with zero attached hydrogens (tertiary/aromatic N) is 1. The largest absolute Gasteiger partial charge is 0.278 e. The summed E-state index contributed by atoms with van der Waals surface area (Å²) in [6, 6.07) is 6.46. The summed E-state index contributed by atoms with van der Waals surface area (Å²) in [5.74, 6) is 0. The predicted octanol–water partition coefficient (Wildman–Crippen LogP) is 2.52. The third kappa shape index (κ3) is 1.20. The van der Waals surface area contributed by atoms with Gasteiger partial charge in [0.15, 0.2) is 0 Å². The zero-order chi connectivity index (χ0) is 8.39. The first-order valence-electron chi connectivity index (χ1n) is 4.32. The second-order valence-electron chi connectivity index (χ2n) is 3.04. The Hall–Kier alpha value is -1.31.